The average molecular weight is 571 g/mol. The van der Waals surface area contributed by atoms with Gasteiger partial charge in [0.2, 0.25) is 0 Å². The van der Waals surface area contributed by atoms with Crippen molar-refractivity contribution in [2.75, 3.05) is 23.8 Å². The summed E-state index contributed by atoms with van der Waals surface area (Å²) < 4.78 is 32.3. The highest BCUT2D eigenvalue weighted by Gasteiger charge is 2.59. The van der Waals surface area contributed by atoms with Gasteiger partial charge >= 0.3 is 8.17 Å². The molecule has 0 amide bonds. The molecule has 36 heavy (non-hydrogen) atoms. The minimum Gasteiger partial charge on any atom is -0.370 e. The summed E-state index contributed by atoms with van der Waals surface area (Å²) in [4.78, 5) is 22.6. The van der Waals surface area contributed by atoms with E-state index in [1.807, 2.05) is 34.9 Å². The first-order valence-corrected chi connectivity index (χ1v) is 15.8. The predicted octanol–water partition coefficient (Wildman–Crippen LogP) is 3.81. The van der Waals surface area contributed by atoms with Crippen LogP contribution in [0, 0.1) is 4.64 Å². The maximum Gasteiger partial charge on any atom is 0.573 e. The molecule has 2 aromatic heterocycles. The van der Waals surface area contributed by atoms with Gasteiger partial charge in [-0.15, -0.1) is 9.05 Å². The fourth-order valence-electron chi connectivity index (χ4n) is 4.38. The summed E-state index contributed by atoms with van der Waals surface area (Å²) in [5.41, 5.74) is 8.08. The maximum atomic E-state index is 11.2. The van der Waals surface area contributed by atoms with Crippen molar-refractivity contribution in [1.29, 1.82) is 0 Å². The molecule has 1 aromatic carbocycles. The summed E-state index contributed by atoms with van der Waals surface area (Å²) in [6.07, 6.45) is 0.368. The van der Waals surface area contributed by atoms with Crippen LogP contribution in [0.1, 0.15) is 18.2 Å². The number of nitrogens with one attached hydrogen (secondary N) is 1. The van der Waals surface area contributed by atoms with E-state index in [1.165, 1.54) is 0 Å². The van der Waals surface area contributed by atoms with Crippen molar-refractivity contribution >= 4 is 59.1 Å². The fourth-order valence-corrected chi connectivity index (χ4v) is 8.78. The molecule has 11 nitrogen and oxygen atoms in total. The molecular formula is C21H25N5O6PS3+. The molecule has 3 fully saturated rings. The van der Waals surface area contributed by atoms with Crippen LogP contribution < -0.4 is 5.73 Å². The Morgan fingerprint density at radius 2 is 2.03 bits per heavy atom. The number of anilines is 1. The van der Waals surface area contributed by atoms with E-state index in [2.05, 4.69) is 15.0 Å². The van der Waals surface area contributed by atoms with Gasteiger partial charge in [0.1, 0.15) is 42.3 Å². The van der Waals surface area contributed by atoms with E-state index in [0.717, 1.165) is 11.3 Å². The number of nitrogens with zero attached hydrogens (tertiary/aromatic N) is 3. The zero-order valence-corrected chi connectivity index (χ0v) is 22.3. The van der Waals surface area contributed by atoms with Crippen molar-refractivity contribution in [3.63, 3.8) is 0 Å². The molecule has 3 aliphatic heterocycles. The maximum absolute atomic E-state index is 11.2. The monoisotopic (exact) mass is 570 g/mol. The molecule has 1 unspecified atom stereocenters. The minimum absolute atomic E-state index is 0.155. The molecule has 5 heterocycles. The van der Waals surface area contributed by atoms with E-state index in [-0.39, 0.29) is 30.9 Å². The van der Waals surface area contributed by atoms with E-state index in [1.54, 1.807) is 27.9 Å². The van der Waals surface area contributed by atoms with Crippen molar-refractivity contribution in [3.05, 3.63) is 46.9 Å². The number of ether oxygens (including phenoxy) is 2. The third-order valence-electron chi connectivity index (χ3n) is 6.16. The third-order valence-corrected chi connectivity index (χ3v) is 10.4. The summed E-state index contributed by atoms with van der Waals surface area (Å²) in [5, 5.41) is 0. The largest absolute Gasteiger partial charge is 0.573 e. The number of imidazole rings is 1. The second kappa shape index (κ2) is 10.4. The Morgan fingerprint density at radius 3 is 2.86 bits per heavy atom. The van der Waals surface area contributed by atoms with E-state index < -0.39 is 20.5 Å². The van der Waals surface area contributed by atoms with Gasteiger partial charge in [0.05, 0.1) is 19.0 Å². The van der Waals surface area contributed by atoms with E-state index in [9.17, 15) is 4.89 Å². The number of rotatable bonds is 6. The molecule has 0 bridgehead atoms. The molecule has 6 rings (SSSR count). The molecule has 192 valence electrons. The second-order valence-electron chi connectivity index (χ2n) is 8.60. The molecule has 0 saturated carbocycles. The lowest BCUT2D eigenvalue weighted by atomic mass is 10.2. The van der Waals surface area contributed by atoms with Gasteiger partial charge in [0.15, 0.2) is 10.6 Å². The molecule has 4 N–H and O–H groups in total. The highest BCUT2D eigenvalue weighted by molar-refractivity contribution is 8.76. The third kappa shape index (κ3) is 5.17. The van der Waals surface area contributed by atoms with Gasteiger partial charge in [-0.25, -0.2) is 9.97 Å². The molecule has 0 radical (unpaired) electrons. The highest BCUT2D eigenvalue weighted by atomic mass is 33.1. The predicted molar refractivity (Wildman–Crippen MR) is 140 cm³/mol. The molecule has 0 spiro atoms. The fraction of sp³-hybridized carbons (Fsp3) is 0.476. The van der Waals surface area contributed by atoms with Crippen LogP contribution in [-0.2, 0) is 29.7 Å². The Labute approximate surface area is 220 Å². The molecule has 15 heteroatoms. The van der Waals surface area contributed by atoms with Crippen LogP contribution >= 0.6 is 42.0 Å². The number of nitrogens with two attached hydrogens (primary N) is 1. The molecule has 6 atom stereocenters. The topological polar surface area (TPSA) is 139 Å². The van der Waals surface area contributed by atoms with E-state index in [0.29, 0.717) is 34.6 Å². The number of aromatic amines is 1. The van der Waals surface area contributed by atoms with Crippen molar-refractivity contribution in [1.82, 2.24) is 19.5 Å². The zero-order chi connectivity index (χ0) is 24.7. The van der Waals surface area contributed by atoms with Gasteiger partial charge in [-0.2, -0.15) is 9.42 Å². The first-order valence-electron chi connectivity index (χ1n) is 11.4. The number of benzene rings is 1. The van der Waals surface area contributed by atoms with Gasteiger partial charge in [-0.1, -0.05) is 64.1 Å². The van der Waals surface area contributed by atoms with Crippen LogP contribution in [0.2, 0.25) is 0 Å². The molecular weight excluding hydrogens is 545 g/mol. The number of H-pyrrole nitrogens is 1. The lowest BCUT2D eigenvalue weighted by Crippen LogP contribution is -2.41. The minimum atomic E-state index is -3.56. The van der Waals surface area contributed by atoms with Crippen LogP contribution in [0.15, 0.2) is 36.7 Å². The highest BCUT2D eigenvalue weighted by Crippen LogP contribution is 2.65. The van der Waals surface area contributed by atoms with Gasteiger partial charge < -0.3 is 20.2 Å². The first kappa shape index (κ1) is 25.0. The van der Waals surface area contributed by atoms with Crippen molar-refractivity contribution < 1.29 is 27.9 Å². The summed E-state index contributed by atoms with van der Waals surface area (Å²) in [7, 11) is -0.154. The Morgan fingerprint density at radius 1 is 1.22 bits per heavy atom. The zero-order valence-electron chi connectivity index (χ0n) is 19.0. The number of hydrogen-bond acceptors (Lipinski definition) is 12. The lowest BCUT2D eigenvalue weighted by molar-refractivity contribution is -0.0963. The van der Waals surface area contributed by atoms with Gasteiger partial charge in [-0.05, 0) is 5.56 Å². The number of hydrogen-bond donors (Lipinski definition) is 3. The van der Waals surface area contributed by atoms with Crippen molar-refractivity contribution in [2.45, 2.75) is 43.7 Å². The van der Waals surface area contributed by atoms with Crippen molar-refractivity contribution in [2.24, 2.45) is 0 Å². The van der Waals surface area contributed by atoms with Gasteiger partial charge in [-0.3, -0.25) is 4.57 Å². The van der Waals surface area contributed by atoms with Crippen LogP contribution in [0.25, 0.3) is 11.2 Å². The number of nitrogen functional groups attached to an aromatic ring is 1. The van der Waals surface area contributed by atoms with E-state index in [4.69, 9.17) is 41.0 Å². The van der Waals surface area contributed by atoms with Gasteiger partial charge in [0.25, 0.3) is 0 Å². The molecule has 0 aliphatic carbocycles. The molecule has 3 aliphatic rings. The quantitative estimate of drug-likeness (QED) is 0.226. The second-order valence-corrected chi connectivity index (χ2v) is 13.2. The smallest absolute Gasteiger partial charge is 0.370 e. The normalized spacial score (nSPS) is 32.5. The van der Waals surface area contributed by atoms with Crippen LogP contribution in [0.4, 0.5) is 5.95 Å². The van der Waals surface area contributed by atoms with Crippen molar-refractivity contribution in [3.8, 4) is 0 Å². The van der Waals surface area contributed by atoms with Crippen LogP contribution in [-0.4, -0.2) is 66.9 Å². The average Bonchev–Trinajstić information content (AvgIpc) is 3.47. The standard InChI is InChI=1S/C21H24N5O6PS3/c22-21-24-19-18(20(34)25-21)23-11-26(19)17-6-13-14(30-17)8-29-33(27,31-13)32-16-10-36-35-9-15(16)28-7-12-4-2-1-3-5-12/h1-5,11,13-17,27H,6-10H2,(H2-,22,24,25,34)/p+1/t13-,14+,15+,16+,17+,33?/m0/s1. The Kier molecular flexibility index (Phi) is 7.25. The first-order chi connectivity index (χ1) is 17.5. The summed E-state index contributed by atoms with van der Waals surface area (Å²) in [6, 6.07) is 9.98. The Balaban J connectivity index is 1.12. The molecule has 3 aromatic rings. The summed E-state index contributed by atoms with van der Waals surface area (Å²) >= 11 is 5.26. The Hall–Kier alpha value is -1.32. The van der Waals surface area contributed by atoms with Crippen LogP contribution in [0.3, 0.4) is 0 Å². The molecule has 3 saturated heterocycles. The van der Waals surface area contributed by atoms with Gasteiger partial charge in [0, 0.05) is 17.9 Å². The Bertz CT molecular complexity index is 1280. The summed E-state index contributed by atoms with van der Waals surface area (Å²) in [6.45, 7) is 0.624. The van der Waals surface area contributed by atoms with Crippen LogP contribution in [0.5, 0.6) is 0 Å². The SMILES string of the molecule is Nc1nc(=S)c2ncn([C@H]3C[C@@H]4O[P+](O)(O[C@@H]5CSSC[C@H]5OCc5ccccc5)OC[C@H]4O3)c2[nH]1. The lowest BCUT2D eigenvalue weighted by Gasteiger charge is -2.33. The number of aromatic nitrogens is 4. The van der Waals surface area contributed by atoms with E-state index >= 15 is 0 Å². The number of fused-ring (bicyclic) bond motifs is 2. The summed E-state index contributed by atoms with van der Waals surface area (Å²) in [5.74, 6) is 1.60.